The lowest BCUT2D eigenvalue weighted by molar-refractivity contribution is -0.384. The molecule has 3 atom stereocenters. The summed E-state index contributed by atoms with van der Waals surface area (Å²) in [6.45, 7) is 0.236. The van der Waals surface area contributed by atoms with Gasteiger partial charge in [-0.25, -0.2) is 0 Å². The van der Waals surface area contributed by atoms with Crippen molar-refractivity contribution < 1.29 is 14.4 Å². The molecule has 1 N–H and O–H groups in total. The van der Waals surface area contributed by atoms with Crippen LogP contribution in [0.25, 0.3) is 0 Å². The molecule has 0 saturated carbocycles. The largest absolute Gasteiger partial charge is 0.493 e. The third-order valence-corrected chi connectivity index (χ3v) is 7.75. The number of nitro groups is 1. The number of halogens is 3. The minimum absolute atomic E-state index is 0.0806. The first kappa shape index (κ1) is 24.0. The van der Waals surface area contributed by atoms with E-state index in [2.05, 4.69) is 33.4 Å². The highest BCUT2D eigenvalue weighted by atomic mass is 79.9. The lowest BCUT2D eigenvalue weighted by atomic mass is 9.76. The van der Waals surface area contributed by atoms with Crippen LogP contribution in [0.4, 0.5) is 11.4 Å². The Labute approximate surface area is 221 Å². The average molecular weight is 576 g/mol. The number of nitro benzene ring substituents is 1. The fourth-order valence-electron chi connectivity index (χ4n) is 4.94. The van der Waals surface area contributed by atoms with Gasteiger partial charge in [-0.05, 0) is 63.7 Å². The number of methoxy groups -OCH3 is 1. The molecule has 1 aliphatic heterocycles. The van der Waals surface area contributed by atoms with Gasteiger partial charge in [0.1, 0.15) is 12.3 Å². The Morgan fingerprint density at radius 2 is 2.03 bits per heavy atom. The van der Waals surface area contributed by atoms with Crippen molar-refractivity contribution in [3.8, 4) is 11.5 Å². The first-order valence-electron chi connectivity index (χ1n) is 11.0. The van der Waals surface area contributed by atoms with Gasteiger partial charge in [0.2, 0.25) is 0 Å². The molecule has 180 valence electrons. The van der Waals surface area contributed by atoms with Crippen molar-refractivity contribution in [2.24, 2.45) is 5.92 Å². The molecule has 0 spiro atoms. The summed E-state index contributed by atoms with van der Waals surface area (Å²) in [4.78, 5) is 11.4. The van der Waals surface area contributed by atoms with E-state index >= 15 is 0 Å². The minimum atomic E-state index is -0.336. The standard InChI is InChI=1S/C26H21BrCl2N2O4/c1-34-23-11-15(10-20(27)26(23)35-13-14-8-9-16(28)12-21(14)29)24-18-5-2-4-17(18)19-6-3-7-22(31(32)33)25(19)30-24/h2-4,6-12,17-18,24,30H,5,13H2,1H3/t17-,18+,24-/m0/s1. The Hall–Kier alpha value is -2.74. The van der Waals surface area contributed by atoms with Crippen LogP contribution < -0.4 is 14.8 Å². The van der Waals surface area contributed by atoms with Gasteiger partial charge in [-0.2, -0.15) is 0 Å². The number of benzene rings is 3. The van der Waals surface area contributed by atoms with E-state index in [4.69, 9.17) is 32.7 Å². The second kappa shape index (κ2) is 9.72. The van der Waals surface area contributed by atoms with Crippen molar-refractivity contribution in [3.05, 3.63) is 102 Å². The number of para-hydroxylation sites is 1. The number of anilines is 1. The Bertz CT molecular complexity index is 1350. The predicted molar refractivity (Wildman–Crippen MR) is 141 cm³/mol. The van der Waals surface area contributed by atoms with Gasteiger partial charge in [0, 0.05) is 27.6 Å². The van der Waals surface area contributed by atoms with Gasteiger partial charge in [-0.3, -0.25) is 10.1 Å². The summed E-state index contributed by atoms with van der Waals surface area (Å²) in [5, 5.41) is 16.3. The molecule has 0 saturated heterocycles. The van der Waals surface area contributed by atoms with Crippen molar-refractivity contribution in [2.45, 2.75) is 25.0 Å². The van der Waals surface area contributed by atoms with Crippen LogP contribution in [0.1, 0.15) is 35.1 Å². The van der Waals surface area contributed by atoms with Crippen molar-refractivity contribution in [3.63, 3.8) is 0 Å². The Morgan fingerprint density at radius 3 is 2.77 bits per heavy atom. The first-order valence-corrected chi connectivity index (χ1v) is 12.6. The molecule has 9 heteroatoms. The fraction of sp³-hybridized carbons (Fsp3) is 0.231. The minimum Gasteiger partial charge on any atom is -0.493 e. The van der Waals surface area contributed by atoms with Crippen LogP contribution in [-0.4, -0.2) is 12.0 Å². The average Bonchev–Trinajstić information content (AvgIpc) is 3.33. The van der Waals surface area contributed by atoms with Crippen LogP contribution in [0.5, 0.6) is 11.5 Å². The van der Waals surface area contributed by atoms with Gasteiger partial charge in [-0.1, -0.05) is 53.6 Å². The number of ether oxygens (including phenoxy) is 2. The maximum Gasteiger partial charge on any atom is 0.292 e. The molecule has 0 radical (unpaired) electrons. The van der Waals surface area contributed by atoms with Gasteiger partial charge >= 0.3 is 0 Å². The molecule has 5 rings (SSSR count). The highest BCUT2D eigenvalue weighted by Gasteiger charge is 2.40. The summed E-state index contributed by atoms with van der Waals surface area (Å²) >= 11 is 15.9. The number of fused-ring (bicyclic) bond motifs is 3. The third kappa shape index (κ3) is 4.48. The summed E-state index contributed by atoms with van der Waals surface area (Å²) in [6.07, 6.45) is 5.18. The Balaban J connectivity index is 1.48. The van der Waals surface area contributed by atoms with Gasteiger partial charge in [0.05, 0.1) is 22.5 Å². The molecular formula is C26H21BrCl2N2O4. The molecule has 0 unspecified atom stereocenters. The van der Waals surface area contributed by atoms with E-state index in [0.29, 0.717) is 27.2 Å². The van der Waals surface area contributed by atoms with Gasteiger partial charge < -0.3 is 14.8 Å². The smallest absolute Gasteiger partial charge is 0.292 e. The van der Waals surface area contributed by atoms with E-state index in [1.807, 2.05) is 24.3 Å². The zero-order valence-corrected chi connectivity index (χ0v) is 21.7. The summed E-state index contributed by atoms with van der Waals surface area (Å²) in [5.74, 6) is 1.42. The van der Waals surface area contributed by atoms with Crippen LogP contribution in [0, 0.1) is 16.0 Å². The Kier molecular flexibility index (Phi) is 6.66. The van der Waals surface area contributed by atoms with Crippen molar-refractivity contribution in [2.75, 3.05) is 12.4 Å². The van der Waals surface area contributed by atoms with Crippen molar-refractivity contribution in [1.82, 2.24) is 0 Å². The predicted octanol–water partition coefficient (Wildman–Crippen LogP) is 8.08. The van der Waals surface area contributed by atoms with Gasteiger partial charge in [-0.15, -0.1) is 0 Å². The summed E-state index contributed by atoms with van der Waals surface area (Å²) in [5.41, 5.74) is 3.36. The first-order chi connectivity index (χ1) is 16.9. The number of nitrogens with one attached hydrogen (secondary N) is 1. The van der Waals surface area contributed by atoms with Crippen molar-refractivity contribution >= 4 is 50.5 Å². The molecular weight excluding hydrogens is 555 g/mol. The number of nitrogens with zero attached hydrogens (tertiary/aromatic N) is 1. The molecule has 35 heavy (non-hydrogen) atoms. The number of allylic oxidation sites excluding steroid dienone is 2. The fourth-order valence-corrected chi connectivity index (χ4v) is 5.97. The lowest BCUT2D eigenvalue weighted by Crippen LogP contribution is -2.29. The molecule has 3 aromatic carbocycles. The molecule has 1 heterocycles. The van der Waals surface area contributed by atoms with E-state index in [1.54, 1.807) is 25.3 Å². The van der Waals surface area contributed by atoms with Crippen LogP contribution in [0.2, 0.25) is 10.0 Å². The summed E-state index contributed by atoms with van der Waals surface area (Å²) in [6, 6.07) is 14.3. The highest BCUT2D eigenvalue weighted by Crippen LogP contribution is 2.53. The number of rotatable bonds is 6. The van der Waals surface area contributed by atoms with Crippen LogP contribution in [-0.2, 0) is 6.61 Å². The van der Waals surface area contributed by atoms with Gasteiger partial charge in [0.25, 0.3) is 5.69 Å². The van der Waals surface area contributed by atoms with Crippen LogP contribution in [0.3, 0.4) is 0 Å². The van der Waals surface area contributed by atoms with Crippen molar-refractivity contribution in [1.29, 1.82) is 0 Å². The molecule has 0 fully saturated rings. The van der Waals surface area contributed by atoms with Crippen LogP contribution >= 0.6 is 39.1 Å². The maximum atomic E-state index is 11.7. The monoisotopic (exact) mass is 574 g/mol. The maximum absolute atomic E-state index is 11.7. The second-order valence-electron chi connectivity index (χ2n) is 8.53. The summed E-state index contributed by atoms with van der Waals surface area (Å²) < 4.78 is 12.5. The highest BCUT2D eigenvalue weighted by molar-refractivity contribution is 9.10. The SMILES string of the molecule is COc1cc([C@@H]2Nc3c(cccc3[N+](=O)[O-])[C@H]3C=CC[C@H]32)cc(Br)c1OCc1ccc(Cl)cc1Cl. The molecule has 0 amide bonds. The molecule has 2 aliphatic rings. The van der Waals surface area contributed by atoms with E-state index < -0.39 is 0 Å². The van der Waals surface area contributed by atoms with E-state index in [-0.39, 0.29) is 35.1 Å². The normalized spacial score (nSPS) is 20.1. The second-order valence-corrected chi connectivity index (χ2v) is 10.2. The molecule has 6 nitrogen and oxygen atoms in total. The van der Waals surface area contributed by atoms with E-state index in [0.717, 1.165) is 27.6 Å². The summed E-state index contributed by atoms with van der Waals surface area (Å²) in [7, 11) is 1.59. The molecule has 0 bridgehead atoms. The zero-order chi connectivity index (χ0) is 24.7. The lowest BCUT2D eigenvalue weighted by Gasteiger charge is -2.37. The quantitative estimate of drug-likeness (QED) is 0.183. The van der Waals surface area contributed by atoms with Crippen LogP contribution in [0.15, 0.2) is 65.2 Å². The third-order valence-electron chi connectivity index (χ3n) is 6.57. The topological polar surface area (TPSA) is 73.6 Å². The molecule has 0 aromatic heterocycles. The van der Waals surface area contributed by atoms with Gasteiger partial charge in [0.15, 0.2) is 11.5 Å². The Morgan fingerprint density at radius 1 is 1.20 bits per heavy atom. The molecule has 1 aliphatic carbocycles. The number of hydrogen-bond acceptors (Lipinski definition) is 5. The van der Waals surface area contributed by atoms with E-state index in [9.17, 15) is 10.1 Å². The number of hydrogen-bond donors (Lipinski definition) is 1. The molecule has 3 aromatic rings. The zero-order valence-electron chi connectivity index (χ0n) is 18.6. The van der Waals surface area contributed by atoms with E-state index in [1.165, 1.54) is 6.07 Å².